The van der Waals surface area contributed by atoms with Gasteiger partial charge in [0.25, 0.3) is 0 Å². The Morgan fingerprint density at radius 1 is 1.11 bits per heavy atom. The minimum atomic E-state index is -0.359. The van der Waals surface area contributed by atoms with Crippen molar-refractivity contribution >= 4 is 17.7 Å². The maximum atomic E-state index is 14.1. The Labute approximate surface area is 207 Å². The summed E-state index contributed by atoms with van der Waals surface area (Å²) in [5.41, 5.74) is 2.42. The Morgan fingerprint density at radius 2 is 1.86 bits per heavy atom. The van der Waals surface area contributed by atoms with Crippen LogP contribution >= 0.6 is 0 Å². The van der Waals surface area contributed by atoms with Gasteiger partial charge in [0.05, 0.1) is 31.0 Å². The fraction of sp³-hybridized carbons (Fsp3) is 0.577. The summed E-state index contributed by atoms with van der Waals surface area (Å²) in [4.78, 5) is 31.3. The number of likely N-dealkylation sites (N-methyl/N-ethyl adjacent to an activating group) is 1. The van der Waals surface area contributed by atoms with E-state index in [-0.39, 0.29) is 30.5 Å². The number of anilines is 1. The van der Waals surface area contributed by atoms with Crippen molar-refractivity contribution < 1.29 is 18.7 Å². The summed E-state index contributed by atoms with van der Waals surface area (Å²) >= 11 is 0. The molecule has 3 rings (SSSR count). The molecule has 1 saturated heterocycles. The van der Waals surface area contributed by atoms with E-state index in [4.69, 9.17) is 9.84 Å². The van der Waals surface area contributed by atoms with E-state index in [0.29, 0.717) is 25.4 Å². The first-order chi connectivity index (χ1) is 16.9. The second kappa shape index (κ2) is 12.7. The van der Waals surface area contributed by atoms with Crippen LogP contribution in [0.15, 0.2) is 24.3 Å². The third kappa shape index (κ3) is 6.81. The van der Waals surface area contributed by atoms with Crippen LogP contribution < -0.4 is 4.90 Å². The number of aryl methyl sites for hydroxylation is 1. The van der Waals surface area contributed by atoms with Gasteiger partial charge >= 0.3 is 5.97 Å². The number of halogens is 1. The van der Waals surface area contributed by atoms with E-state index in [1.54, 1.807) is 17.9 Å². The van der Waals surface area contributed by atoms with Crippen molar-refractivity contribution in [2.45, 2.75) is 53.5 Å². The first-order valence-corrected chi connectivity index (χ1v) is 12.6. The summed E-state index contributed by atoms with van der Waals surface area (Å²) in [7, 11) is 0. The Bertz CT molecular complexity index is 1000. The first kappa shape index (κ1) is 26.7. The van der Waals surface area contributed by atoms with Crippen LogP contribution in [0.4, 0.5) is 10.2 Å². The summed E-state index contributed by atoms with van der Waals surface area (Å²) in [5, 5.41) is 4.79. The number of aromatic nitrogens is 2. The number of piperazine rings is 1. The molecule has 2 heterocycles. The number of hydrogen-bond donors (Lipinski definition) is 0. The van der Waals surface area contributed by atoms with Gasteiger partial charge in [-0.3, -0.25) is 9.59 Å². The fourth-order valence-electron chi connectivity index (χ4n) is 4.47. The first-order valence-electron chi connectivity index (χ1n) is 12.6. The van der Waals surface area contributed by atoms with E-state index in [1.165, 1.54) is 12.1 Å². The van der Waals surface area contributed by atoms with Crippen LogP contribution in [0.3, 0.4) is 0 Å². The Balaban J connectivity index is 1.93. The molecule has 1 aromatic heterocycles. The van der Waals surface area contributed by atoms with Crippen LogP contribution in [0, 0.1) is 12.7 Å². The predicted octanol–water partition coefficient (Wildman–Crippen LogP) is 3.54. The smallest absolute Gasteiger partial charge is 0.306 e. The lowest BCUT2D eigenvalue weighted by Crippen LogP contribution is -2.47. The molecule has 1 aliphatic heterocycles. The Hall–Kier alpha value is -2.94. The lowest BCUT2D eigenvalue weighted by molar-refractivity contribution is -0.145. The second-order valence-corrected chi connectivity index (χ2v) is 8.82. The topological polar surface area (TPSA) is 70.9 Å². The van der Waals surface area contributed by atoms with Crippen molar-refractivity contribution in [3.63, 3.8) is 0 Å². The third-order valence-electron chi connectivity index (χ3n) is 6.37. The fourth-order valence-corrected chi connectivity index (χ4v) is 4.47. The summed E-state index contributed by atoms with van der Waals surface area (Å²) in [5.74, 6) is 0.144. The van der Waals surface area contributed by atoms with E-state index in [2.05, 4.69) is 16.7 Å². The minimum absolute atomic E-state index is 0.0697. The summed E-state index contributed by atoms with van der Waals surface area (Å²) in [6.07, 6.45) is 0.980. The second-order valence-electron chi connectivity index (χ2n) is 8.82. The van der Waals surface area contributed by atoms with Gasteiger partial charge in [0, 0.05) is 44.7 Å². The molecule has 1 aliphatic rings. The van der Waals surface area contributed by atoms with E-state index in [1.807, 2.05) is 24.6 Å². The quantitative estimate of drug-likeness (QED) is 0.452. The van der Waals surface area contributed by atoms with Gasteiger partial charge < -0.3 is 19.4 Å². The summed E-state index contributed by atoms with van der Waals surface area (Å²) in [6, 6.07) is 6.43. The number of nitrogens with zero attached hydrogens (tertiary/aromatic N) is 5. The number of carbonyl (C=O) groups excluding carboxylic acids is 2. The largest absolute Gasteiger partial charge is 0.466 e. The van der Waals surface area contributed by atoms with Crippen LogP contribution in [0.1, 0.15) is 51.3 Å². The normalized spacial score (nSPS) is 14.3. The van der Waals surface area contributed by atoms with Crippen LogP contribution in [0.5, 0.6) is 0 Å². The van der Waals surface area contributed by atoms with E-state index in [9.17, 15) is 14.0 Å². The van der Waals surface area contributed by atoms with Crippen molar-refractivity contribution in [2.75, 3.05) is 50.8 Å². The highest BCUT2D eigenvalue weighted by Crippen LogP contribution is 2.30. The van der Waals surface area contributed by atoms with Gasteiger partial charge in [0.15, 0.2) is 0 Å². The number of esters is 1. The van der Waals surface area contributed by atoms with Crippen molar-refractivity contribution in [3.8, 4) is 5.69 Å². The van der Waals surface area contributed by atoms with Crippen LogP contribution in [0.25, 0.3) is 5.69 Å². The van der Waals surface area contributed by atoms with Gasteiger partial charge in [-0.1, -0.05) is 19.9 Å². The molecular formula is C26H38FN5O3. The van der Waals surface area contributed by atoms with Gasteiger partial charge in [-0.05, 0) is 45.0 Å². The van der Waals surface area contributed by atoms with E-state index >= 15 is 0 Å². The highest BCUT2D eigenvalue weighted by atomic mass is 19.1. The Morgan fingerprint density at radius 3 is 2.49 bits per heavy atom. The lowest BCUT2D eigenvalue weighted by Gasteiger charge is -2.36. The maximum absolute atomic E-state index is 14.1. The molecule has 2 aromatic rings. The highest BCUT2D eigenvalue weighted by Gasteiger charge is 2.27. The van der Waals surface area contributed by atoms with Gasteiger partial charge in [0.2, 0.25) is 5.91 Å². The van der Waals surface area contributed by atoms with Crippen molar-refractivity contribution in [3.05, 3.63) is 41.3 Å². The number of amides is 1. The molecule has 192 valence electrons. The number of ether oxygens (including phenoxy) is 1. The zero-order chi connectivity index (χ0) is 25.4. The van der Waals surface area contributed by atoms with Crippen LogP contribution in [0.2, 0.25) is 0 Å². The van der Waals surface area contributed by atoms with Crippen molar-refractivity contribution in [1.82, 2.24) is 19.6 Å². The number of benzene rings is 1. The average Bonchev–Trinajstić information content (AvgIpc) is 3.18. The molecule has 0 atom stereocenters. The predicted molar refractivity (Wildman–Crippen MR) is 134 cm³/mol. The molecule has 1 aromatic carbocycles. The number of carbonyl (C=O) groups is 2. The minimum Gasteiger partial charge on any atom is -0.466 e. The SMILES string of the molecule is CCCN(Cc1c(C)nn(-c2cccc(F)c2)c1N1CCN(CC)CC1)C(=O)CCC(=O)OCC. The molecule has 8 nitrogen and oxygen atoms in total. The van der Waals surface area contributed by atoms with Crippen molar-refractivity contribution in [2.24, 2.45) is 0 Å². The molecule has 0 N–H and O–H groups in total. The maximum Gasteiger partial charge on any atom is 0.306 e. The molecular weight excluding hydrogens is 449 g/mol. The molecule has 0 radical (unpaired) electrons. The molecule has 0 aliphatic carbocycles. The highest BCUT2D eigenvalue weighted by molar-refractivity contribution is 5.81. The average molecular weight is 488 g/mol. The van der Waals surface area contributed by atoms with Crippen LogP contribution in [-0.4, -0.2) is 77.3 Å². The van der Waals surface area contributed by atoms with E-state index < -0.39 is 0 Å². The third-order valence-corrected chi connectivity index (χ3v) is 6.37. The van der Waals surface area contributed by atoms with Gasteiger partial charge in [-0.2, -0.15) is 5.10 Å². The monoisotopic (exact) mass is 487 g/mol. The van der Waals surface area contributed by atoms with Gasteiger partial charge in [0.1, 0.15) is 11.6 Å². The molecule has 9 heteroatoms. The summed E-state index contributed by atoms with van der Waals surface area (Å²) < 4.78 is 20.9. The van der Waals surface area contributed by atoms with Crippen molar-refractivity contribution in [1.29, 1.82) is 0 Å². The standard InChI is InChI=1S/C26H38FN5O3/c1-5-13-31(24(33)11-12-25(34)35-7-3)19-23-20(4)28-32(22-10-8-9-21(27)18-22)26(23)30-16-14-29(6-2)15-17-30/h8-10,18H,5-7,11-17,19H2,1-4H3. The molecule has 0 saturated carbocycles. The Kier molecular flexibility index (Phi) is 9.65. The lowest BCUT2D eigenvalue weighted by atomic mass is 10.1. The molecule has 0 spiro atoms. The number of rotatable bonds is 11. The zero-order valence-electron chi connectivity index (χ0n) is 21.4. The molecule has 1 fully saturated rings. The van der Waals surface area contributed by atoms with Gasteiger partial charge in [-0.15, -0.1) is 0 Å². The molecule has 1 amide bonds. The van der Waals surface area contributed by atoms with Crippen LogP contribution in [-0.2, 0) is 20.9 Å². The summed E-state index contributed by atoms with van der Waals surface area (Å²) in [6.45, 7) is 13.7. The zero-order valence-corrected chi connectivity index (χ0v) is 21.4. The molecule has 35 heavy (non-hydrogen) atoms. The number of hydrogen-bond acceptors (Lipinski definition) is 6. The van der Waals surface area contributed by atoms with E-state index in [0.717, 1.165) is 56.2 Å². The molecule has 0 bridgehead atoms. The molecule has 0 unspecified atom stereocenters. The van der Waals surface area contributed by atoms with Gasteiger partial charge in [-0.25, -0.2) is 9.07 Å².